The highest BCUT2D eigenvalue weighted by atomic mass is 19.1. The molecule has 0 spiro atoms. The topological polar surface area (TPSA) is 46.3 Å². The van der Waals surface area contributed by atoms with Crippen molar-refractivity contribution in [3.63, 3.8) is 0 Å². The molecule has 1 saturated carbocycles. The highest BCUT2D eigenvalue weighted by Crippen LogP contribution is 2.29. The number of benzene rings is 1. The van der Waals surface area contributed by atoms with Crippen LogP contribution in [0, 0.1) is 5.82 Å². The Balaban J connectivity index is 2.01. The lowest BCUT2D eigenvalue weighted by Crippen LogP contribution is -2.52. The van der Waals surface area contributed by atoms with Crippen LogP contribution in [0.25, 0.3) is 0 Å². The van der Waals surface area contributed by atoms with Gasteiger partial charge in [-0.05, 0) is 30.5 Å². The molecule has 2 rings (SSSR count). The van der Waals surface area contributed by atoms with Crippen molar-refractivity contribution in [2.75, 3.05) is 7.05 Å². The summed E-state index contributed by atoms with van der Waals surface area (Å²) in [5.41, 5.74) is 6.36. The molecule has 1 aromatic carbocycles. The van der Waals surface area contributed by atoms with Crippen LogP contribution >= 0.6 is 0 Å². The Morgan fingerprint density at radius 3 is 2.44 bits per heavy atom. The molecule has 4 heteroatoms. The number of likely N-dealkylation sites (N-methyl/N-ethyl adjacent to an activating group) is 1. The monoisotopic (exact) mass is 250 g/mol. The van der Waals surface area contributed by atoms with E-state index in [9.17, 15) is 9.18 Å². The van der Waals surface area contributed by atoms with Crippen molar-refractivity contribution in [3.05, 3.63) is 35.6 Å². The molecule has 1 amide bonds. The third-order valence-electron chi connectivity index (χ3n) is 3.60. The van der Waals surface area contributed by atoms with Gasteiger partial charge < -0.3 is 10.6 Å². The molecule has 0 unspecified atom stereocenters. The minimum Gasteiger partial charge on any atom is -0.340 e. The van der Waals surface area contributed by atoms with E-state index < -0.39 is 5.54 Å². The van der Waals surface area contributed by atoms with Crippen LogP contribution in [0.2, 0.25) is 0 Å². The van der Waals surface area contributed by atoms with E-state index in [-0.39, 0.29) is 11.7 Å². The molecule has 2 N–H and O–H groups in total. The number of carbonyl (C=O) groups excluding carboxylic acids is 1. The van der Waals surface area contributed by atoms with E-state index in [4.69, 9.17) is 5.73 Å². The lowest BCUT2D eigenvalue weighted by Gasteiger charge is -2.28. The first-order chi connectivity index (χ1) is 8.51. The SMILES string of the molecule is CN(Cc1ccc(F)cc1)C(=O)C1(N)CCCC1. The number of nitrogens with two attached hydrogens (primary N) is 1. The quantitative estimate of drug-likeness (QED) is 0.892. The second-order valence-corrected chi connectivity index (χ2v) is 5.15. The number of carbonyl (C=O) groups is 1. The summed E-state index contributed by atoms with van der Waals surface area (Å²) in [5.74, 6) is -0.275. The summed E-state index contributed by atoms with van der Waals surface area (Å²) in [7, 11) is 1.75. The van der Waals surface area contributed by atoms with Gasteiger partial charge in [-0.1, -0.05) is 25.0 Å². The molecule has 0 aromatic heterocycles. The summed E-state index contributed by atoms with van der Waals surface area (Å²) in [4.78, 5) is 13.9. The summed E-state index contributed by atoms with van der Waals surface area (Å²) in [5, 5.41) is 0. The predicted molar refractivity (Wildman–Crippen MR) is 68.3 cm³/mol. The van der Waals surface area contributed by atoms with Gasteiger partial charge in [0.05, 0.1) is 5.54 Å². The fourth-order valence-electron chi connectivity index (χ4n) is 2.54. The van der Waals surface area contributed by atoms with Crippen molar-refractivity contribution >= 4 is 5.91 Å². The summed E-state index contributed by atoms with van der Waals surface area (Å²) < 4.78 is 12.8. The van der Waals surface area contributed by atoms with Gasteiger partial charge in [-0.15, -0.1) is 0 Å². The molecule has 0 bridgehead atoms. The Labute approximate surface area is 107 Å². The molecule has 0 saturated heterocycles. The number of hydrogen-bond donors (Lipinski definition) is 1. The van der Waals surface area contributed by atoms with Crippen LogP contribution in [-0.2, 0) is 11.3 Å². The Kier molecular flexibility index (Phi) is 3.66. The molecule has 0 heterocycles. The van der Waals surface area contributed by atoms with Crippen LogP contribution in [-0.4, -0.2) is 23.4 Å². The Bertz CT molecular complexity index is 424. The Morgan fingerprint density at radius 2 is 1.89 bits per heavy atom. The van der Waals surface area contributed by atoms with E-state index >= 15 is 0 Å². The molecule has 98 valence electrons. The van der Waals surface area contributed by atoms with Crippen molar-refractivity contribution < 1.29 is 9.18 Å². The smallest absolute Gasteiger partial charge is 0.242 e. The van der Waals surface area contributed by atoms with Gasteiger partial charge in [0.25, 0.3) is 0 Å². The summed E-state index contributed by atoms with van der Waals surface area (Å²) >= 11 is 0. The van der Waals surface area contributed by atoms with Gasteiger partial charge in [0.2, 0.25) is 5.91 Å². The first-order valence-corrected chi connectivity index (χ1v) is 6.30. The fourth-order valence-corrected chi connectivity index (χ4v) is 2.54. The third-order valence-corrected chi connectivity index (χ3v) is 3.60. The lowest BCUT2D eigenvalue weighted by molar-refractivity contribution is -0.136. The first kappa shape index (κ1) is 13.0. The molecular weight excluding hydrogens is 231 g/mol. The highest BCUT2D eigenvalue weighted by Gasteiger charge is 2.38. The van der Waals surface area contributed by atoms with Crippen LogP contribution in [0.3, 0.4) is 0 Å². The number of halogens is 1. The molecule has 0 aliphatic heterocycles. The summed E-state index contributed by atoms with van der Waals surface area (Å²) in [6.45, 7) is 0.470. The number of hydrogen-bond acceptors (Lipinski definition) is 2. The van der Waals surface area contributed by atoms with E-state index in [1.807, 2.05) is 0 Å². The Morgan fingerprint density at radius 1 is 1.33 bits per heavy atom. The fraction of sp³-hybridized carbons (Fsp3) is 0.500. The molecule has 1 aliphatic carbocycles. The van der Waals surface area contributed by atoms with Crippen LogP contribution in [0.4, 0.5) is 4.39 Å². The molecule has 1 aromatic rings. The molecule has 18 heavy (non-hydrogen) atoms. The van der Waals surface area contributed by atoms with Gasteiger partial charge in [-0.2, -0.15) is 0 Å². The number of amides is 1. The summed E-state index contributed by atoms with van der Waals surface area (Å²) in [6.07, 6.45) is 3.57. The lowest BCUT2D eigenvalue weighted by atomic mass is 9.97. The Hall–Kier alpha value is -1.42. The maximum absolute atomic E-state index is 12.8. The van der Waals surface area contributed by atoms with Gasteiger partial charge in [-0.3, -0.25) is 4.79 Å². The van der Waals surface area contributed by atoms with Crippen LogP contribution in [0.15, 0.2) is 24.3 Å². The predicted octanol–water partition coefficient (Wildman–Crippen LogP) is 2.06. The maximum atomic E-state index is 12.8. The standard InChI is InChI=1S/C14H19FN2O/c1-17(10-11-4-6-12(15)7-5-11)13(18)14(16)8-2-3-9-14/h4-7H,2-3,8-10,16H2,1H3. The normalized spacial score (nSPS) is 17.7. The van der Waals surface area contributed by atoms with E-state index in [2.05, 4.69) is 0 Å². The molecule has 1 aliphatic rings. The van der Waals surface area contributed by atoms with E-state index in [0.29, 0.717) is 6.54 Å². The van der Waals surface area contributed by atoms with Crippen LogP contribution < -0.4 is 5.73 Å². The molecular formula is C14H19FN2O. The van der Waals surface area contributed by atoms with E-state index in [1.165, 1.54) is 12.1 Å². The average Bonchev–Trinajstić information content (AvgIpc) is 2.79. The van der Waals surface area contributed by atoms with Gasteiger partial charge in [0.1, 0.15) is 5.82 Å². The minimum atomic E-state index is -0.686. The summed E-state index contributed by atoms with van der Waals surface area (Å²) in [6, 6.07) is 6.19. The highest BCUT2D eigenvalue weighted by molar-refractivity contribution is 5.86. The van der Waals surface area contributed by atoms with Crippen LogP contribution in [0.1, 0.15) is 31.2 Å². The minimum absolute atomic E-state index is 0.00988. The van der Waals surface area contributed by atoms with Crippen molar-refractivity contribution in [3.8, 4) is 0 Å². The van der Waals surface area contributed by atoms with Gasteiger partial charge in [-0.25, -0.2) is 4.39 Å². The largest absolute Gasteiger partial charge is 0.340 e. The zero-order chi connectivity index (χ0) is 13.2. The van der Waals surface area contributed by atoms with Crippen molar-refractivity contribution in [1.29, 1.82) is 0 Å². The third kappa shape index (κ3) is 2.70. The van der Waals surface area contributed by atoms with Gasteiger partial charge in [0.15, 0.2) is 0 Å². The van der Waals surface area contributed by atoms with Crippen molar-refractivity contribution in [2.24, 2.45) is 5.73 Å². The maximum Gasteiger partial charge on any atom is 0.242 e. The second kappa shape index (κ2) is 5.06. The van der Waals surface area contributed by atoms with Gasteiger partial charge in [0, 0.05) is 13.6 Å². The zero-order valence-corrected chi connectivity index (χ0v) is 10.7. The van der Waals surface area contributed by atoms with E-state index in [1.54, 1.807) is 24.1 Å². The molecule has 3 nitrogen and oxygen atoms in total. The van der Waals surface area contributed by atoms with Crippen molar-refractivity contribution in [2.45, 2.75) is 37.8 Å². The molecule has 0 atom stereocenters. The second-order valence-electron chi connectivity index (χ2n) is 5.15. The molecule has 0 radical (unpaired) electrons. The molecule has 1 fully saturated rings. The van der Waals surface area contributed by atoms with Crippen molar-refractivity contribution in [1.82, 2.24) is 4.90 Å². The first-order valence-electron chi connectivity index (χ1n) is 6.30. The number of nitrogens with zero attached hydrogens (tertiary/aromatic N) is 1. The van der Waals surface area contributed by atoms with Gasteiger partial charge >= 0.3 is 0 Å². The number of rotatable bonds is 3. The average molecular weight is 250 g/mol. The van der Waals surface area contributed by atoms with Crippen LogP contribution in [0.5, 0.6) is 0 Å². The van der Waals surface area contributed by atoms with E-state index in [0.717, 1.165) is 31.2 Å². The zero-order valence-electron chi connectivity index (χ0n) is 10.7.